The van der Waals surface area contributed by atoms with E-state index in [1.807, 2.05) is 19.1 Å². The van der Waals surface area contributed by atoms with Crippen molar-refractivity contribution in [3.05, 3.63) is 6.33 Å². The monoisotopic (exact) mass is 256 g/mol. The Hall–Kier alpha value is -2.87. The maximum Gasteiger partial charge on any atom is 0.226 e. The summed E-state index contributed by atoms with van der Waals surface area (Å²) in [5.41, 5.74) is 1.12. The number of nitrogens with one attached hydrogen (secondary N) is 2. The van der Waals surface area contributed by atoms with Crippen LogP contribution in [0.3, 0.4) is 0 Å². The summed E-state index contributed by atoms with van der Waals surface area (Å²) in [4.78, 5) is 17.2. The van der Waals surface area contributed by atoms with E-state index in [9.17, 15) is 0 Å². The zero-order valence-electron chi connectivity index (χ0n) is 10.4. The SMILES string of the molecule is CCNc1nc(N(CC#N)CC#N)c2[nH]cnc2n1. The van der Waals surface area contributed by atoms with Crippen LogP contribution < -0.4 is 10.2 Å². The van der Waals surface area contributed by atoms with Crippen molar-refractivity contribution in [2.24, 2.45) is 0 Å². The molecule has 0 aliphatic heterocycles. The fourth-order valence-corrected chi connectivity index (χ4v) is 1.66. The number of nitriles is 2. The largest absolute Gasteiger partial charge is 0.354 e. The molecule has 19 heavy (non-hydrogen) atoms. The van der Waals surface area contributed by atoms with E-state index < -0.39 is 0 Å². The van der Waals surface area contributed by atoms with E-state index in [1.54, 1.807) is 4.90 Å². The van der Waals surface area contributed by atoms with Crippen LogP contribution in [0.5, 0.6) is 0 Å². The average molecular weight is 256 g/mol. The zero-order valence-corrected chi connectivity index (χ0v) is 10.4. The maximum atomic E-state index is 8.83. The van der Waals surface area contributed by atoms with Crippen LogP contribution in [0.15, 0.2) is 6.33 Å². The molecule has 2 heterocycles. The Balaban J connectivity index is 2.52. The molecule has 0 unspecified atom stereocenters. The van der Waals surface area contributed by atoms with Crippen LogP contribution >= 0.6 is 0 Å². The lowest BCUT2D eigenvalue weighted by Gasteiger charge is -2.17. The fraction of sp³-hybridized carbons (Fsp3) is 0.364. The lowest BCUT2D eigenvalue weighted by atomic mass is 10.4. The summed E-state index contributed by atoms with van der Waals surface area (Å²) in [5, 5.41) is 20.7. The van der Waals surface area contributed by atoms with Crippen LogP contribution in [0.25, 0.3) is 11.2 Å². The van der Waals surface area contributed by atoms with Crippen LogP contribution in [0, 0.1) is 22.7 Å². The lowest BCUT2D eigenvalue weighted by molar-refractivity contribution is 0.932. The molecule has 0 radical (unpaired) electrons. The molecule has 0 saturated heterocycles. The minimum absolute atomic E-state index is 0.0737. The van der Waals surface area contributed by atoms with Crippen LogP contribution in [0.4, 0.5) is 11.8 Å². The summed E-state index contributed by atoms with van der Waals surface area (Å²) in [7, 11) is 0. The van der Waals surface area contributed by atoms with Gasteiger partial charge in [-0.1, -0.05) is 0 Å². The Labute approximate surface area is 109 Å². The highest BCUT2D eigenvalue weighted by molar-refractivity contribution is 5.84. The second kappa shape index (κ2) is 5.65. The number of aromatic nitrogens is 4. The van der Waals surface area contributed by atoms with Crippen molar-refractivity contribution in [2.45, 2.75) is 6.92 Å². The molecule has 96 valence electrons. The first-order valence-electron chi connectivity index (χ1n) is 5.74. The third-order valence-electron chi connectivity index (χ3n) is 2.42. The van der Waals surface area contributed by atoms with Crippen molar-refractivity contribution in [3.8, 4) is 12.1 Å². The summed E-state index contributed by atoms with van der Waals surface area (Å²) >= 11 is 0. The van der Waals surface area contributed by atoms with E-state index in [4.69, 9.17) is 10.5 Å². The van der Waals surface area contributed by atoms with E-state index in [1.165, 1.54) is 6.33 Å². The first kappa shape index (κ1) is 12.6. The molecule has 2 N–H and O–H groups in total. The first-order valence-corrected chi connectivity index (χ1v) is 5.74. The van der Waals surface area contributed by atoms with Crippen molar-refractivity contribution in [1.29, 1.82) is 10.5 Å². The van der Waals surface area contributed by atoms with E-state index in [0.29, 0.717) is 29.5 Å². The zero-order chi connectivity index (χ0) is 13.7. The molecule has 8 heteroatoms. The molecule has 0 aliphatic carbocycles. The summed E-state index contributed by atoms with van der Waals surface area (Å²) in [6.07, 6.45) is 1.51. The van der Waals surface area contributed by atoms with Crippen molar-refractivity contribution < 1.29 is 0 Å². The quantitative estimate of drug-likeness (QED) is 0.753. The number of fused-ring (bicyclic) bond motifs is 1. The number of anilines is 2. The van der Waals surface area contributed by atoms with Gasteiger partial charge in [0.15, 0.2) is 11.5 Å². The van der Waals surface area contributed by atoms with Gasteiger partial charge in [-0.05, 0) is 6.92 Å². The highest BCUT2D eigenvalue weighted by Gasteiger charge is 2.15. The second-order valence-corrected chi connectivity index (χ2v) is 3.67. The van der Waals surface area contributed by atoms with Crippen LogP contribution in [0.2, 0.25) is 0 Å². The number of H-pyrrole nitrogens is 1. The molecule has 2 rings (SSSR count). The molecule has 0 amide bonds. The normalized spacial score (nSPS) is 9.84. The highest BCUT2D eigenvalue weighted by atomic mass is 15.2. The Morgan fingerprint density at radius 1 is 1.32 bits per heavy atom. The fourth-order valence-electron chi connectivity index (χ4n) is 1.66. The molecule has 2 aromatic heterocycles. The van der Waals surface area contributed by atoms with Gasteiger partial charge < -0.3 is 15.2 Å². The van der Waals surface area contributed by atoms with Crippen molar-refractivity contribution >= 4 is 22.9 Å². The van der Waals surface area contributed by atoms with Gasteiger partial charge in [-0.15, -0.1) is 0 Å². The molecule has 0 spiro atoms. The van der Waals surface area contributed by atoms with Gasteiger partial charge >= 0.3 is 0 Å². The third kappa shape index (κ3) is 2.53. The molecule has 0 saturated carbocycles. The topological polar surface area (TPSA) is 117 Å². The smallest absolute Gasteiger partial charge is 0.226 e. The molecule has 0 aliphatic rings. The minimum atomic E-state index is 0.0737. The van der Waals surface area contributed by atoms with Gasteiger partial charge in [-0.3, -0.25) is 0 Å². The standard InChI is InChI=1S/C11H12N8/c1-2-14-11-17-9-8(15-7-16-9)10(18-11)19(5-3-12)6-4-13/h7H,2,5-6H2,1H3,(H2,14,15,16,17,18). The van der Waals surface area contributed by atoms with E-state index in [2.05, 4.69) is 25.3 Å². The lowest BCUT2D eigenvalue weighted by Crippen LogP contribution is -2.25. The molecular weight excluding hydrogens is 244 g/mol. The van der Waals surface area contributed by atoms with Crippen LogP contribution in [0.1, 0.15) is 6.92 Å². The van der Waals surface area contributed by atoms with Gasteiger partial charge in [-0.25, -0.2) is 4.98 Å². The highest BCUT2D eigenvalue weighted by Crippen LogP contribution is 2.22. The third-order valence-corrected chi connectivity index (χ3v) is 2.42. The molecule has 0 fully saturated rings. The Morgan fingerprint density at radius 3 is 2.68 bits per heavy atom. The summed E-state index contributed by atoms with van der Waals surface area (Å²) in [5.74, 6) is 0.930. The van der Waals surface area contributed by atoms with Gasteiger partial charge in [0, 0.05) is 6.54 Å². The van der Waals surface area contributed by atoms with Gasteiger partial charge in [0.1, 0.15) is 18.6 Å². The Kier molecular flexibility index (Phi) is 3.74. The second-order valence-electron chi connectivity index (χ2n) is 3.67. The van der Waals surface area contributed by atoms with Crippen molar-refractivity contribution in [1.82, 2.24) is 19.9 Å². The summed E-state index contributed by atoms with van der Waals surface area (Å²) in [6, 6.07) is 4.04. The molecule has 0 atom stereocenters. The average Bonchev–Trinajstić information content (AvgIpc) is 2.86. The van der Waals surface area contributed by atoms with E-state index >= 15 is 0 Å². The van der Waals surface area contributed by atoms with Crippen molar-refractivity contribution in [2.75, 3.05) is 29.9 Å². The molecular formula is C11H12N8. The molecule has 8 nitrogen and oxygen atoms in total. The van der Waals surface area contributed by atoms with Crippen LogP contribution in [-0.2, 0) is 0 Å². The Bertz CT molecular complexity index is 631. The number of nitrogens with zero attached hydrogens (tertiary/aromatic N) is 6. The first-order chi connectivity index (χ1) is 9.30. The molecule has 2 aromatic rings. The number of imidazole rings is 1. The summed E-state index contributed by atoms with van der Waals surface area (Å²) < 4.78 is 0. The molecule has 0 aromatic carbocycles. The van der Waals surface area contributed by atoms with Crippen molar-refractivity contribution in [3.63, 3.8) is 0 Å². The van der Waals surface area contributed by atoms with Gasteiger partial charge in [0.05, 0.1) is 18.5 Å². The predicted octanol–water partition coefficient (Wildman–Crippen LogP) is 0.638. The van der Waals surface area contributed by atoms with Crippen LogP contribution in [-0.4, -0.2) is 39.6 Å². The number of aromatic amines is 1. The number of hydrogen-bond acceptors (Lipinski definition) is 7. The number of rotatable bonds is 5. The van der Waals surface area contributed by atoms with Gasteiger partial charge in [-0.2, -0.15) is 20.5 Å². The van der Waals surface area contributed by atoms with E-state index in [0.717, 1.165) is 0 Å². The number of hydrogen-bond donors (Lipinski definition) is 2. The molecule has 0 bridgehead atoms. The Morgan fingerprint density at radius 2 is 2.05 bits per heavy atom. The minimum Gasteiger partial charge on any atom is -0.354 e. The van der Waals surface area contributed by atoms with Gasteiger partial charge in [0.2, 0.25) is 5.95 Å². The summed E-state index contributed by atoms with van der Waals surface area (Å²) in [6.45, 7) is 2.75. The van der Waals surface area contributed by atoms with Gasteiger partial charge in [0.25, 0.3) is 0 Å². The predicted molar refractivity (Wildman–Crippen MR) is 69.3 cm³/mol. The van der Waals surface area contributed by atoms with E-state index in [-0.39, 0.29) is 13.1 Å². The maximum absolute atomic E-state index is 8.83.